The summed E-state index contributed by atoms with van der Waals surface area (Å²) in [5.41, 5.74) is 4.14. The van der Waals surface area contributed by atoms with Gasteiger partial charge in [-0.3, -0.25) is 4.79 Å². The van der Waals surface area contributed by atoms with Crippen molar-refractivity contribution in [1.29, 1.82) is 0 Å². The van der Waals surface area contributed by atoms with Crippen LogP contribution in [-0.4, -0.2) is 10.9 Å². The Balaban J connectivity index is 1.49. The standard InChI is InChI=1S/C24H20N2OS/c27-23(22(19-7-3-1-4-8-19)20-9-5-2-6-10-20)26-17-18-11-13-21(14-12-18)24-25-15-16-28-24/h1-16,22H,17H2,(H,26,27). The summed E-state index contributed by atoms with van der Waals surface area (Å²) in [6, 6.07) is 28.0. The SMILES string of the molecule is O=C(NCc1ccc(-c2nccs2)cc1)C(c1ccccc1)c1ccccc1. The van der Waals surface area contributed by atoms with E-state index in [1.54, 1.807) is 17.5 Å². The molecule has 3 aromatic carbocycles. The van der Waals surface area contributed by atoms with Gasteiger partial charge in [0.1, 0.15) is 5.01 Å². The molecule has 0 aliphatic heterocycles. The van der Waals surface area contributed by atoms with Crippen LogP contribution in [0.5, 0.6) is 0 Å². The summed E-state index contributed by atoms with van der Waals surface area (Å²) in [7, 11) is 0. The maximum Gasteiger partial charge on any atom is 0.232 e. The Kier molecular flexibility index (Phi) is 5.59. The lowest BCUT2D eigenvalue weighted by atomic mass is 9.90. The van der Waals surface area contributed by atoms with E-state index >= 15 is 0 Å². The Bertz CT molecular complexity index is 974. The molecule has 138 valence electrons. The molecule has 0 aliphatic carbocycles. The van der Waals surface area contributed by atoms with Crippen LogP contribution in [0.25, 0.3) is 10.6 Å². The van der Waals surface area contributed by atoms with Gasteiger partial charge in [-0.1, -0.05) is 84.9 Å². The number of rotatable bonds is 6. The molecule has 3 nitrogen and oxygen atoms in total. The van der Waals surface area contributed by atoms with Gasteiger partial charge in [0, 0.05) is 23.7 Å². The van der Waals surface area contributed by atoms with Crippen LogP contribution in [0.15, 0.2) is 96.5 Å². The minimum absolute atomic E-state index is 0.00130. The second-order valence-electron chi connectivity index (χ2n) is 6.51. The molecule has 1 amide bonds. The molecular formula is C24H20N2OS. The van der Waals surface area contributed by atoms with Crippen molar-refractivity contribution < 1.29 is 4.79 Å². The van der Waals surface area contributed by atoms with Gasteiger partial charge in [-0.25, -0.2) is 4.98 Å². The molecule has 0 saturated heterocycles. The highest BCUT2D eigenvalue weighted by molar-refractivity contribution is 7.13. The number of nitrogens with one attached hydrogen (secondary N) is 1. The summed E-state index contributed by atoms with van der Waals surface area (Å²) in [6.07, 6.45) is 1.81. The Hall–Kier alpha value is -3.24. The van der Waals surface area contributed by atoms with Gasteiger partial charge in [0.15, 0.2) is 0 Å². The molecule has 0 spiro atoms. The van der Waals surface area contributed by atoms with Crippen LogP contribution in [0.4, 0.5) is 0 Å². The van der Waals surface area contributed by atoms with E-state index in [1.165, 1.54) is 0 Å². The average molecular weight is 385 g/mol. The number of hydrogen-bond acceptors (Lipinski definition) is 3. The summed E-state index contributed by atoms with van der Waals surface area (Å²) in [5.74, 6) is -0.321. The van der Waals surface area contributed by atoms with Crippen LogP contribution < -0.4 is 5.32 Å². The second kappa shape index (κ2) is 8.63. The molecule has 1 heterocycles. The third kappa shape index (κ3) is 4.18. The highest BCUT2D eigenvalue weighted by Gasteiger charge is 2.22. The molecule has 4 aromatic rings. The zero-order valence-electron chi connectivity index (χ0n) is 15.3. The number of carbonyl (C=O) groups excluding carboxylic acids is 1. The molecule has 4 rings (SSSR count). The minimum Gasteiger partial charge on any atom is -0.351 e. The number of carbonyl (C=O) groups is 1. The van der Waals surface area contributed by atoms with E-state index in [2.05, 4.69) is 10.3 Å². The van der Waals surface area contributed by atoms with Crippen LogP contribution in [0, 0.1) is 0 Å². The first-order valence-electron chi connectivity index (χ1n) is 9.17. The molecule has 1 aromatic heterocycles. The molecule has 0 atom stereocenters. The van der Waals surface area contributed by atoms with E-state index in [-0.39, 0.29) is 11.8 Å². The summed E-state index contributed by atoms with van der Waals surface area (Å²) >= 11 is 1.62. The minimum atomic E-state index is -0.322. The van der Waals surface area contributed by atoms with Crippen LogP contribution in [0.1, 0.15) is 22.6 Å². The van der Waals surface area contributed by atoms with Gasteiger partial charge in [0.05, 0.1) is 5.92 Å². The topological polar surface area (TPSA) is 42.0 Å². The Morgan fingerprint density at radius 1 is 0.857 bits per heavy atom. The first-order valence-corrected chi connectivity index (χ1v) is 10.1. The Morgan fingerprint density at radius 3 is 2.00 bits per heavy atom. The van der Waals surface area contributed by atoms with Crippen molar-refractivity contribution in [2.45, 2.75) is 12.5 Å². The van der Waals surface area contributed by atoms with E-state index in [9.17, 15) is 4.79 Å². The van der Waals surface area contributed by atoms with E-state index in [0.29, 0.717) is 6.54 Å². The predicted octanol–water partition coefficient (Wildman–Crippen LogP) is 5.26. The molecule has 4 heteroatoms. The number of nitrogens with zero attached hydrogens (tertiary/aromatic N) is 1. The Labute approximate surface area is 168 Å². The average Bonchev–Trinajstić information content (AvgIpc) is 3.29. The van der Waals surface area contributed by atoms with Gasteiger partial charge in [-0.05, 0) is 16.7 Å². The molecule has 0 aliphatic rings. The molecular weight excluding hydrogens is 364 g/mol. The molecule has 28 heavy (non-hydrogen) atoms. The second-order valence-corrected chi connectivity index (χ2v) is 7.40. The van der Waals surface area contributed by atoms with Crippen molar-refractivity contribution in [3.8, 4) is 10.6 Å². The highest BCUT2D eigenvalue weighted by atomic mass is 32.1. The first-order chi connectivity index (χ1) is 13.8. The predicted molar refractivity (Wildman–Crippen MR) is 114 cm³/mol. The van der Waals surface area contributed by atoms with E-state index in [4.69, 9.17) is 0 Å². The largest absolute Gasteiger partial charge is 0.351 e. The van der Waals surface area contributed by atoms with Gasteiger partial charge in [0.25, 0.3) is 0 Å². The lowest BCUT2D eigenvalue weighted by Crippen LogP contribution is -2.29. The van der Waals surface area contributed by atoms with Gasteiger partial charge in [0.2, 0.25) is 5.91 Å². The van der Waals surface area contributed by atoms with Crippen LogP contribution >= 0.6 is 11.3 Å². The van der Waals surface area contributed by atoms with Gasteiger partial charge in [-0.15, -0.1) is 11.3 Å². The summed E-state index contributed by atoms with van der Waals surface area (Å²) in [5, 5.41) is 6.07. The van der Waals surface area contributed by atoms with Crippen molar-refractivity contribution in [1.82, 2.24) is 10.3 Å². The van der Waals surface area contributed by atoms with Crippen molar-refractivity contribution in [2.75, 3.05) is 0 Å². The zero-order chi connectivity index (χ0) is 19.2. The first kappa shape index (κ1) is 18.1. The number of benzene rings is 3. The monoisotopic (exact) mass is 384 g/mol. The third-order valence-electron chi connectivity index (χ3n) is 4.63. The molecule has 0 fully saturated rings. The van der Waals surface area contributed by atoms with Crippen molar-refractivity contribution >= 4 is 17.2 Å². The normalized spacial score (nSPS) is 10.8. The number of amides is 1. The number of thiazole rings is 1. The highest BCUT2D eigenvalue weighted by Crippen LogP contribution is 2.25. The van der Waals surface area contributed by atoms with E-state index in [0.717, 1.165) is 27.3 Å². The number of aromatic nitrogens is 1. The molecule has 0 radical (unpaired) electrons. The van der Waals surface area contributed by atoms with E-state index in [1.807, 2.05) is 90.3 Å². The van der Waals surface area contributed by atoms with Crippen molar-refractivity contribution in [2.24, 2.45) is 0 Å². The molecule has 0 bridgehead atoms. The lowest BCUT2D eigenvalue weighted by molar-refractivity contribution is -0.121. The molecule has 0 saturated carbocycles. The lowest BCUT2D eigenvalue weighted by Gasteiger charge is -2.18. The van der Waals surface area contributed by atoms with Crippen molar-refractivity contribution in [3.05, 3.63) is 113 Å². The maximum atomic E-state index is 13.1. The Morgan fingerprint density at radius 2 is 1.46 bits per heavy atom. The van der Waals surface area contributed by atoms with Crippen LogP contribution in [0.2, 0.25) is 0 Å². The molecule has 0 unspecified atom stereocenters. The number of hydrogen-bond donors (Lipinski definition) is 1. The van der Waals surface area contributed by atoms with Gasteiger partial charge >= 0.3 is 0 Å². The fourth-order valence-corrected chi connectivity index (χ4v) is 3.85. The summed E-state index contributed by atoms with van der Waals surface area (Å²) in [6.45, 7) is 0.493. The van der Waals surface area contributed by atoms with E-state index < -0.39 is 0 Å². The smallest absolute Gasteiger partial charge is 0.232 e. The van der Waals surface area contributed by atoms with Gasteiger partial charge in [-0.2, -0.15) is 0 Å². The molecule has 1 N–H and O–H groups in total. The summed E-state index contributed by atoms with van der Waals surface area (Å²) < 4.78 is 0. The summed E-state index contributed by atoms with van der Waals surface area (Å²) in [4.78, 5) is 17.4. The van der Waals surface area contributed by atoms with Gasteiger partial charge < -0.3 is 5.32 Å². The van der Waals surface area contributed by atoms with Crippen LogP contribution in [-0.2, 0) is 11.3 Å². The van der Waals surface area contributed by atoms with Crippen LogP contribution in [0.3, 0.4) is 0 Å². The third-order valence-corrected chi connectivity index (χ3v) is 5.45. The fourth-order valence-electron chi connectivity index (χ4n) is 3.21. The maximum absolute atomic E-state index is 13.1. The quantitative estimate of drug-likeness (QED) is 0.493. The zero-order valence-corrected chi connectivity index (χ0v) is 16.1. The fraction of sp³-hybridized carbons (Fsp3) is 0.0833. The van der Waals surface area contributed by atoms with Crippen molar-refractivity contribution in [3.63, 3.8) is 0 Å².